The van der Waals surface area contributed by atoms with E-state index >= 15 is 0 Å². The molecule has 0 aromatic heterocycles. The van der Waals surface area contributed by atoms with Crippen molar-refractivity contribution in [2.75, 3.05) is 6.61 Å². The van der Waals surface area contributed by atoms with Gasteiger partial charge in [-0.3, -0.25) is 10.2 Å². The molecule has 0 aliphatic carbocycles. The minimum atomic E-state index is -0.301. The van der Waals surface area contributed by atoms with E-state index in [4.69, 9.17) is 15.8 Å². The first-order valence-corrected chi connectivity index (χ1v) is 4.39. The molecule has 1 aromatic rings. The quantitative estimate of drug-likeness (QED) is 0.421. The van der Waals surface area contributed by atoms with E-state index in [2.05, 4.69) is 0 Å². The molecule has 0 aliphatic heterocycles. The second-order valence-corrected chi connectivity index (χ2v) is 2.77. The van der Waals surface area contributed by atoms with Crippen molar-refractivity contribution >= 4 is 5.91 Å². The Bertz CT molecular complexity index is 384. The molecule has 5 nitrogen and oxygen atoms in total. The maximum atomic E-state index is 10.8. The zero-order chi connectivity index (χ0) is 11.1. The van der Waals surface area contributed by atoms with Gasteiger partial charge in [0.1, 0.15) is 11.8 Å². The molecule has 1 aromatic carbocycles. The van der Waals surface area contributed by atoms with Gasteiger partial charge in [0.15, 0.2) is 0 Å². The first-order valence-electron chi connectivity index (χ1n) is 4.39. The highest BCUT2D eigenvalue weighted by Gasteiger charge is 2.03. The molecule has 0 heterocycles. The summed E-state index contributed by atoms with van der Waals surface area (Å²) in [5, 5.41) is 8.74. The third-order valence-electron chi connectivity index (χ3n) is 1.76. The third kappa shape index (κ3) is 3.29. The Labute approximate surface area is 87.4 Å². The van der Waals surface area contributed by atoms with Crippen LogP contribution >= 0.6 is 0 Å². The Hall–Kier alpha value is -2.06. The van der Waals surface area contributed by atoms with Crippen molar-refractivity contribution < 1.29 is 9.53 Å². The van der Waals surface area contributed by atoms with E-state index in [9.17, 15) is 4.79 Å². The van der Waals surface area contributed by atoms with Gasteiger partial charge in [-0.25, -0.2) is 5.84 Å². The third-order valence-corrected chi connectivity index (χ3v) is 1.76. The molecular formula is C10H11N3O2. The first-order chi connectivity index (χ1) is 7.27. The number of rotatable bonds is 4. The van der Waals surface area contributed by atoms with E-state index in [1.165, 1.54) is 0 Å². The average molecular weight is 205 g/mol. The summed E-state index contributed by atoms with van der Waals surface area (Å²) in [6, 6.07) is 8.84. The lowest BCUT2D eigenvalue weighted by Gasteiger charge is -2.06. The van der Waals surface area contributed by atoms with Crippen LogP contribution in [0.25, 0.3) is 0 Å². The number of hydrogen-bond donors (Lipinski definition) is 2. The summed E-state index contributed by atoms with van der Waals surface area (Å²) >= 11 is 0. The Balaban J connectivity index is 2.51. The van der Waals surface area contributed by atoms with Gasteiger partial charge in [0.25, 0.3) is 0 Å². The summed E-state index contributed by atoms with van der Waals surface area (Å²) in [7, 11) is 0. The number of para-hydroxylation sites is 1. The molecule has 0 fully saturated rings. The Morgan fingerprint density at radius 2 is 2.27 bits per heavy atom. The molecule has 0 spiro atoms. The summed E-state index contributed by atoms with van der Waals surface area (Å²) in [4.78, 5) is 10.8. The molecule has 1 rings (SSSR count). The fourth-order valence-corrected chi connectivity index (χ4v) is 1.01. The predicted molar refractivity (Wildman–Crippen MR) is 53.6 cm³/mol. The summed E-state index contributed by atoms with van der Waals surface area (Å²) in [5.41, 5.74) is 2.45. The molecule has 1 amide bonds. The highest BCUT2D eigenvalue weighted by atomic mass is 16.5. The number of nitrogens with zero attached hydrogens (tertiary/aromatic N) is 1. The highest BCUT2D eigenvalue weighted by Crippen LogP contribution is 2.16. The Morgan fingerprint density at radius 3 is 2.93 bits per heavy atom. The van der Waals surface area contributed by atoms with Gasteiger partial charge in [-0.15, -0.1) is 0 Å². The molecule has 0 saturated carbocycles. The normalized spacial score (nSPS) is 9.07. The van der Waals surface area contributed by atoms with E-state index in [0.717, 1.165) is 0 Å². The summed E-state index contributed by atoms with van der Waals surface area (Å²) in [6.45, 7) is 0.196. The number of hydrazine groups is 1. The van der Waals surface area contributed by atoms with Gasteiger partial charge >= 0.3 is 0 Å². The van der Waals surface area contributed by atoms with Crippen LogP contribution in [0, 0.1) is 11.3 Å². The van der Waals surface area contributed by atoms with Crippen LogP contribution in [0.1, 0.15) is 12.0 Å². The smallest absolute Gasteiger partial charge is 0.237 e. The minimum Gasteiger partial charge on any atom is -0.492 e. The summed E-state index contributed by atoms with van der Waals surface area (Å²) in [5.74, 6) is 5.08. The topological polar surface area (TPSA) is 88.1 Å². The van der Waals surface area contributed by atoms with Gasteiger partial charge in [-0.05, 0) is 12.1 Å². The number of amides is 1. The van der Waals surface area contributed by atoms with Crippen molar-refractivity contribution in [1.82, 2.24) is 5.43 Å². The maximum absolute atomic E-state index is 10.8. The summed E-state index contributed by atoms with van der Waals surface area (Å²) < 4.78 is 5.26. The highest BCUT2D eigenvalue weighted by molar-refractivity contribution is 5.75. The number of ether oxygens (including phenoxy) is 1. The number of carbonyl (C=O) groups excluding carboxylic acids is 1. The van der Waals surface area contributed by atoms with Crippen LogP contribution < -0.4 is 16.0 Å². The number of hydrogen-bond acceptors (Lipinski definition) is 4. The molecule has 5 heteroatoms. The molecule has 0 radical (unpaired) electrons. The Morgan fingerprint density at radius 1 is 1.53 bits per heavy atom. The van der Waals surface area contributed by atoms with Gasteiger partial charge in [0, 0.05) is 0 Å². The second kappa shape index (κ2) is 5.62. The van der Waals surface area contributed by atoms with Crippen LogP contribution in [0.2, 0.25) is 0 Å². The van der Waals surface area contributed by atoms with Crippen molar-refractivity contribution in [1.29, 1.82) is 5.26 Å². The van der Waals surface area contributed by atoms with Crippen molar-refractivity contribution in [3.63, 3.8) is 0 Å². The number of benzene rings is 1. The van der Waals surface area contributed by atoms with Crippen molar-refractivity contribution in [3.05, 3.63) is 29.8 Å². The van der Waals surface area contributed by atoms with Crippen molar-refractivity contribution in [2.24, 2.45) is 5.84 Å². The predicted octanol–water partition coefficient (Wildman–Crippen LogP) is 0.317. The van der Waals surface area contributed by atoms with Crippen LogP contribution in [0.15, 0.2) is 24.3 Å². The summed E-state index contributed by atoms with van der Waals surface area (Å²) in [6.07, 6.45) is 0.163. The minimum absolute atomic E-state index is 0.163. The molecular weight excluding hydrogens is 194 g/mol. The lowest BCUT2D eigenvalue weighted by molar-refractivity contribution is -0.121. The monoisotopic (exact) mass is 205 g/mol. The number of nitrogens with one attached hydrogen (secondary N) is 1. The SMILES string of the molecule is N#Cc1ccccc1OCCC(=O)NN. The van der Waals surface area contributed by atoms with E-state index in [1.807, 2.05) is 11.5 Å². The lowest BCUT2D eigenvalue weighted by atomic mass is 10.2. The number of nitriles is 1. The maximum Gasteiger partial charge on any atom is 0.237 e. The van der Waals surface area contributed by atoms with Gasteiger partial charge in [-0.1, -0.05) is 12.1 Å². The molecule has 0 bridgehead atoms. The molecule has 0 saturated heterocycles. The largest absolute Gasteiger partial charge is 0.492 e. The van der Waals surface area contributed by atoms with Crippen LogP contribution in [-0.2, 0) is 4.79 Å². The van der Waals surface area contributed by atoms with Gasteiger partial charge in [-0.2, -0.15) is 5.26 Å². The molecule has 0 aliphatic rings. The molecule has 0 atom stereocenters. The fraction of sp³-hybridized carbons (Fsp3) is 0.200. The standard InChI is InChI=1S/C10H11N3O2/c11-7-8-3-1-2-4-9(8)15-6-5-10(14)13-12/h1-4H,5-6,12H2,(H,13,14). The molecule has 15 heavy (non-hydrogen) atoms. The zero-order valence-electron chi connectivity index (χ0n) is 8.06. The zero-order valence-corrected chi connectivity index (χ0v) is 8.06. The molecule has 3 N–H and O–H groups in total. The van der Waals surface area contributed by atoms with E-state index < -0.39 is 0 Å². The average Bonchev–Trinajstić information content (AvgIpc) is 2.29. The van der Waals surface area contributed by atoms with Crippen molar-refractivity contribution in [2.45, 2.75) is 6.42 Å². The van der Waals surface area contributed by atoms with E-state index in [1.54, 1.807) is 24.3 Å². The molecule has 78 valence electrons. The van der Waals surface area contributed by atoms with Gasteiger partial charge < -0.3 is 4.74 Å². The Kier molecular flexibility index (Phi) is 4.13. The first kappa shape index (κ1) is 11.0. The van der Waals surface area contributed by atoms with Crippen LogP contribution in [0.3, 0.4) is 0 Å². The van der Waals surface area contributed by atoms with Crippen LogP contribution in [0.5, 0.6) is 5.75 Å². The van der Waals surface area contributed by atoms with Crippen LogP contribution in [-0.4, -0.2) is 12.5 Å². The van der Waals surface area contributed by atoms with Gasteiger partial charge in [0.2, 0.25) is 5.91 Å². The van der Waals surface area contributed by atoms with Crippen LogP contribution in [0.4, 0.5) is 0 Å². The lowest BCUT2D eigenvalue weighted by Crippen LogP contribution is -2.31. The number of carbonyl (C=O) groups is 1. The van der Waals surface area contributed by atoms with E-state index in [-0.39, 0.29) is 18.9 Å². The number of nitrogens with two attached hydrogens (primary N) is 1. The van der Waals surface area contributed by atoms with Gasteiger partial charge in [0.05, 0.1) is 18.6 Å². The second-order valence-electron chi connectivity index (χ2n) is 2.77. The van der Waals surface area contributed by atoms with Crippen molar-refractivity contribution in [3.8, 4) is 11.8 Å². The molecule has 0 unspecified atom stereocenters. The van der Waals surface area contributed by atoms with E-state index in [0.29, 0.717) is 11.3 Å². The fourth-order valence-electron chi connectivity index (χ4n) is 1.01.